The minimum absolute atomic E-state index is 0.649. The Labute approximate surface area is 119 Å². The zero-order chi connectivity index (χ0) is 14.4. The number of para-hydroxylation sites is 1. The van der Waals surface area contributed by atoms with Gasteiger partial charge in [0.15, 0.2) is 11.5 Å². The van der Waals surface area contributed by atoms with Crippen LogP contribution in [0.25, 0.3) is 11.5 Å². The molecule has 2 aromatic rings. The first-order valence-corrected chi connectivity index (χ1v) is 6.33. The van der Waals surface area contributed by atoms with Crippen LogP contribution in [0.4, 0.5) is 0 Å². The van der Waals surface area contributed by atoms with Gasteiger partial charge in [-0.3, -0.25) is 0 Å². The molecule has 0 aliphatic carbocycles. The second kappa shape index (κ2) is 6.66. The van der Waals surface area contributed by atoms with Gasteiger partial charge in [0.05, 0.1) is 26.9 Å². The van der Waals surface area contributed by atoms with Gasteiger partial charge in [-0.25, -0.2) is 0 Å². The molecule has 3 nitrogen and oxygen atoms in total. The smallest absolute Gasteiger partial charge is 0.172 e. The lowest BCUT2D eigenvalue weighted by molar-refractivity contribution is 0.325. The van der Waals surface area contributed by atoms with Crippen LogP contribution in [0.15, 0.2) is 54.6 Å². The highest BCUT2D eigenvalue weighted by atomic mass is 16.5. The summed E-state index contributed by atoms with van der Waals surface area (Å²) >= 11 is 0. The van der Waals surface area contributed by atoms with Crippen LogP contribution in [-0.4, -0.2) is 21.3 Å². The molecule has 20 heavy (non-hydrogen) atoms. The molecule has 0 aromatic heterocycles. The summed E-state index contributed by atoms with van der Waals surface area (Å²) in [6.45, 7) is 0. The molecule has 0 radical (unpaired) electrons. The molecule has 0 saturated carbocycles. The highest BCUT2D eigenvalue weighted by Crippen LogP contribution is 2.32. The first-order valence-electron chi connectivity index (χ1n) is 6.33. The SMILES string of the molecule is CO/C(=C(/OC)c1ccccc1OC)c1ccccc1. The number of rotatable bonds is 5. The molecule has 2 rings (SSSR count). The molecule has 3 heteroatoms. The highest BCUT2D eigenvalue weighted by molar-refractivity contribution is 5.85. The van der Waals surface area contributed by atoms with Gasteiger partial charge in [0.2, 0.25) is 0 Å². The Kier molecular flexibility index (Phi) is 4.66. The van der Waals surface area contributed by atoms with Crippen molar-refractivity contribution in [2.45, 2.75) is 0 Å². The Bertz CT molecular complexity index is 588. The van der Waals surface area contributed by atoms with E-state index < -0.39 is 0 Å². The molecule has 0 aliphatic heterocycles. The van der Waals surface area contributed by atoms with Crippen LogP contribution in [0.1, 0.15) is 11.1 Å². The Morgan fingerprint density at radius 2 is 1.30 bits per heavy atom. The van der Waals surface area contributed by atoms with Crippen molar-refractivity contribution >= 4 is 11.5 Å². The van der Waals surface area contributed by atoms with Gasteiger partial charge in [0, 0.05) is 5.56 Å². The van der Waals surface area contributed by atoms with Crippen molar-refractivity contribution in [3.8, 4) is 5.75 Å². The summed E-state index contributed by atoms with van der Waals surface area (Å²) in [5.74, 6) is 2.07. The van der Waals surface area contributed by atoms with Gasteiger partial charge in [0.1, 0.15) is 5.75 Å². The van der Waals surface area contributed by atoms with Crippen LogP contribution in [0.3, 0.4) is 0 Å². The Balaban J connectivity index is 2.61. The van der Waals surface area contributed by atoms with E-state index in [1.54, 1.807) is 21.3 Å². The Hall–Kier alpha value is -2.42. The molecule has 0 amide bonds. The van der Waals surface area contributed by atoms with Crippen LogP contribution in [-0.2, 0) is 9.47 Å². The molecule has 0 N–H and O–H groups in total. The highest BCUT2D eigenvalue weighted by Gasteiger charge is 2.16. The lowest BCUT2D eigenvalue weighted by Gasteiger charge is -2.16. The molecule has 0 aliphatic rings. The fourth-order valence-electron chi connectivity index (χ4n) is 2.09. The first kappa shape index (κ1) is 14.0. The molecule has 0 heterocycles. The molecule has 0 atom stereocenters. The van der Waals surface area contributed by atoms with E-state index >= 15 is 0 Å². The van der Waals surface area contributed by atoms with Gasteiger partial charge < -0.3 is 14.2 Å². The maximum atomic E-state index is 5.56. The van der Waals surface area contributed by atoms with Gasteiger partial charge in [-0.2, -0.15) is 0 Å². The third-order valence-electron chi connectivity index (χ3n) is 3.00. The molecule has 104 valence electrons. The number of methoxy groups -OCH3 is 3. The number of benzene rings is 2. The lowest BCUT2D eigenvalue weighted by Crippen LogP contribution is -1.99. The van der Waals surface area contributed by atoms with Crippen LogP contribution < -0.4 is 4.74 Å². The molecule has 0 bridgehead atoms. The van der Waals surface area contributed by atoms with Crippen molar-refractivity contribution in [3.63, 3.8) is 0 Å². The van der Waals surface area contributed by atoms with E-state index in [0.29, 0.717) is 11.5 Å². The minimum atomic E-state index is 0.649. The second-order valence-electron chi connectivity index (χ2n) is 4.13. The second-order valence-corrected chi connectivity index (χ2v) is 4.13. The number of ether oxygens (including phenoxy) is 3. The van der Waals surface area contributed by atoms with Crippen molar-refractivity contribution in [2.75, 3.05) is 21.3 Å². The predicted octanol–water partition coefficient (Wildman–Crippen LogP) is 3.81. The van der Waals surface area contributed by atoms with E-state index in [1.807, 2.05) is 54.6 Å². The number of hydrogen-bond donors (Lipinski definition) is 0. The summed E-state index contributed by atoms with van der Waals surface area (Å²) in [5.41, 5.74) is 1.82. The van der Waals surface area contributed by atoms with E-state index in [1.165, 1.54) is 0 Å². The fraction of sp³-hybridized carbons (Fsp3) is 0.176. The topological polar surface area (TPSA) is 27.7 Å². The summed E-state index contributed by atoms with van der Waals surface area (Å²) in [4.78, 5) is 0. The van der Waals surface area contributed by atoms with E-state index in [-0.39, 0.29) is 0 Å². The maximum absolute atomic E-state index is 5.56. The minimum Gasteiger partial charge on any atom is -0.496 e. The van der Waals surface area contributed by atoms with Gasteiger partial charge in [-0.05, 0) is 12.1 Å². The fourth-order valence-corrected chi connectivity index (χ4v) is 2.09. The predicted molar refractivity (Wildman–Crippen MR) is 80.3 cm³/mol. The van der Waals surface area contributed by atoms with Crippen molar-refractivity contribution in [3.05, 3.63) is 65.7 Å². The maximum Gasteiger partial charge on any atom is 0.172 e. The van der Waals surface area contributed by atoms with Crippen molar-refractivity contribution in [1.29, 1.82) is 0 Å². The van der Waals surface area contributed by atoms with Gasteiger partial charge in [-0.15, -0.1) is 0 Å². The molecule has 0 spiro atoms. The van der Waals surface area contributed by atoms with E-state index in [4.69, 9.17) is 14.2 Å². The zero-order valence-corrected chi connectivity index (χ0v) is 11.9. The van der Waals surface area contributed by atoms with Crippen LogP contribution in [0.2, 0.25) is 0 Å². The lowest BCUT2D eigenvalue weighted by atomic mass is 10.1. The molecular formula is C17H18O3. The summed E-state index contributed by atoms with van der Waals surface area (Å²) in [6, 6.07) is 17.5. The Morgan fingerprint density at radius 3 is 1.90 bits per heavy atom. The number of hydrogen-bond acceptors (Lipinski definition) is 3. The third-order valence-corrected chi connectivity index (χ3v) is 3.00. The standard InChI is InChI=1S/C17H18O3/c1-18-15-12-8-7-11-14(15)17(20-3)16(19-2)13-9-5-4-6-10-13/h4-12H,1-3H3/b17-16+. The van der Waals surface area contributed by atoms with Crippen molar-refractivity contribution in [1.82, 2.24) is 0 Å². The van der Waals surface area contributed by atoms with Gasteiger partial charge in [0.25, 0.3) is 0 Å². The average Bonchev–Trinajstić information content (AvgIpc) is 2.53. The summed E-state index contributed by atoms with van der Waals surface area (Å²) in [5, 5.41) is 0. The molecule has 0 fully saturated rings. The molecular weight excluding hydrogens is 252 g/mol. The zero-order valence-electron chi connectivity index (χ0n) is 11.9. The van der Waals surface area contributed by atoms with E-state index in [0.717, 1.165) is 16.9 Å². The van der Waals surface area contributed by atoms with Crippen molar-refractivity contribution < 1.29 is 14.2 Å². The van der Waals surface area contributed by atoms with E-state index in [2.05, 4.69) is 0 Å². The Morgan fingerprint density at radius 1 is 0.700 bits per heavy atom. The largest absolute Gasteiger partial charge is 0.496 e. The van der Waals surface area contributed by atoms with Crippen molar-refractivity contribution in [2.24, 2.45) is 0 Å². The monoisotopic (exact) mass is 270 g/mol. The molecule has 2 aromatic carbocycles. The average molecular weight is 270 g/mol. The quantitative estimate of drug-likeness (QED) is 0.610. The third kappa shape index (κ3) is 2.77. The molecule has 0 unspecified atom stereocenters. The first-order chi connectivity index (χ1) is 9.81. The molecule has 0 saturated heterocycles. The van der Waals surface area contributed by atoms with Crippen LogP contribution in [0.5, 0.6) is 5.75 Å². The van der Waals surface area contributed by atoms with Gasteiger partial charge in [-0.1, -0.05) is 42.5 Å². The summed E-state index contributed by atoms with van der Waals surface area (Å²) < 4.78 is 16.5. The van der Waals surface area contributed by atoms with Crippen LogP contribution >= 0.6 is 0 Å². The van der Waals surface area contributed by atoms with Gasteiger partial charge >= 0.3 is 0 Å². The summed E-state index contributed by atoms with van der Waals surface area (Å²) in [7, 11) is 4.90. The normalized spacial score (nSPS) is 11.6. The summed E-state index contributed by atoms with van der Waals surface area (Å²) in [6.07, 6.45) is 0. The van der Waals surface area contributed by atoms with Crippen LogP contribution in [0, 0.1) is 0 Å². The van der Waals surface area contributed by atoms with E-state index in [9.17, 15) is 0 Å².